The highest BCUT2D eigenvalue weighted by Crippen LogP contribution is 2.38. The lowest BCUT2D eigenvalue weighted by Crippen LogP contribution is -2.18. The third kappa shape index (κ3) is 4.42. The van der Waals surface area contributed by atoms with Crippen LogP contribution in [0.5, 0.6) is 0 Å². The molecule has 2 aromatic carbocycles. The van der Waals surface area contributed by atoms with Gasteiger partial charge in [0.25, 0.3) is 11.8 Å². The van der Waals surface area contributed by atoms with Gasteiger partial charge in [0.1, 0.15) is 5.00 Å². The molecule has 6 heteroatoms. The molecule has 0 unspecified atom stereocenters. The van der Waals surface area contributed by atoms with Crippen LogP contribution in [0.2, 0.25) is 5.02 Å². The van der Waals surface area contributed by atoms with Crippen LogP contribution >= 0.6 is 22.9 Å². The third-order valence-electron chi connectivity index (χ3n) is 5.30. The summed E-state index contributed by atoms with van der Waals surface area (Å²) < 4.78 is 0. The van der Waals surface area contributed by atoms with Crippen molar-refractivity contribution in [3.63, 3.8) is 0 Å². The van der Waals surface area contributed by atoms with Crippen molar-refractivity contribution in [3.05, 3.63) is 80.7 Å². The van der Waals surface area contributed by atoms with Crippen molar-refractivity contribution in [2.24, 2.45) is 0 Å². The number of nitrogens with one attached hydrogen (secondary N) is 2. The highest BCUT2D eigenvalue weighted by molar-refractivity contribution is 7.17. The minimum absolute atomic E-state index is 0.187. The van der Waals surface area contributed by atoms with Gasteiger partial charge in [-0.05, 0) is 62.4 Å². The van der Waals surface area contributed by atoms with Gasteiger partial charge in [-0.1, -0.05) is 47.9 Å². The minimum atomic E-state index is -0.304. The van der Waals surface area contributed by atoms with Gasteiger partial charge in [0, 0.05) is 10.6 Å². The minimum Gasteiger partial charge on any atom is -0.322 e. The summed E-state index contributed by atoms with van der Waals surface area (Å²) in [7, 11) is 0. The van der Waals surface area contributed by atoms with Crippen molar-refractivity contribution in [2.45, 2.75) is 39.0 Å². The second-order valence-corrected chi connectivity index (χ2v) is 9.04. The number of fused-ring (bicyclic) bond motifs is 1. The van der Waals surface area contributed by atoms with Crippen LogP contribution in [0, 0.1) is 6.92 Å². The molecule has 1 aliphatic rings. The SMILES string of the molecule is Cc1ccc(NC(=O)c2c(NC(=O)c3ccccc3Cl)sc3c2CCCCC3)cc1. The lowest BCUT2D eigenvalue weighted by molar-refractivity contribution is 0.102. The van der Waals surface area contributed by atoms with E-state index in [-0.39, 0.29) is 11.8 Å². The smallest absolute Gasteiger partial charge is 0.258 e. The number of aryl methyl sites for hydroxylation is 2. The first kappa shape index (κ1) is 20.6. The zero-order valence-electron chi connectivity index (χ0n) is 16.8. The summed E-state index contributed by atoms with van der Waals surface area (Å²) in [4.78, 5) is 27.3. The van der Waals surface area contributed by atoms with E-state index in [1.807, 2.05) is 31.2 Å². The number of benzene rings is 2. The highest BCUT2D eigenvalue weighted by atomic mass is 35.5. The van der Waals surface area contributed by atoms with Crippen molar-refractivity contribution < 1.29 is 9.59 Å². The molecule has 0 aliphatic heterocycles. The first-order valence-electron chi connectivity index (χ1n) is 10.1. The van der Waals surface area contributed by atoms with E-state index in [1.165, 1.54) is 16.2 Å². The lowest BCUT2D eigenvalue weighted by Gasteiger charge is -2.11. The molecule has 154 valence electrons. The molecule has 0 saturated heterocycles. The van der Waals surface area contributed by atoms with Gasteiger partial charge in [0.2, 0.25) is 0 Å². The number of amides is 2. The van der Waals surface area contributed by atoms with E-state index in [4.69, 9.17) is 11.6 Å². The van der Waals surface area contributed by atoms with E-state index < -0.39 is 0 Å². The van der Waals surface area contributed by atoms with Crippen LogP contribution in [0.1, 0.15) is 56.0 Å². The average Bonchev–Trinajstić information content (AvgIpc) is 2.90. The quantitative estimate of drug-likeness (QED) is 0.458. The van der Waals surface area contributed by atoms with Crippen LogP contribution in [0.4, 0.5) is 10.7 Å². The zero-order valence-corrected chi connectivity index (χ0v) is 18.3. The standard InChI is InChI=1S/C24H23ClN2O2S/c1-15-11-13-16(14-12-15)26-23(29)21-18-8-3-2-4-10-20(18)30-24(21)27-22(28)17-7-5-6-9-19(17)25/h5-7,9,11-14H,2-4,8,10H2,1H3,(H,26,29)(H,27,28). The molecule has 1 aromatic heterocycles. The summed E-state index contributed by atoms with van der Waals surface area (Å²) in [6, 6.07) is 14.6. The Hall–Kier alpha value is -2.63. The Morgan fingerprint density at radius 2 is 1.63 bits per heavy atom. The van der Waals surface area contributed by atoms with Crippen LogP contribution in [-0.4, -0.2) is 11.8 Å². The fourth-order valence-corrected chi connectivity index (χ4v) is 5.22. The Morgan fingerprint density at radius 3 is 2.40 bits per heavy atom. The van der Waals surface area contributed by atoms with Gasteiger partial charge >= 0.3 is 0 Å². The summed E-state index contributed by atoms with van der Waals surface area (Å²) in [6.45, 7) is 2.01. The lowest BCUT2D eigenvalue weighted by atomic mass is 10.0. The molecule has 0 saturated carbocycles. The van der Waals surface area contributed by atoms with E-state index >= 15 is 0 Å². The molecule has 4 rings (SSSR count). The maximum absolute atomic E-state index is 13.3. The molecule has 0 radical (unpaired) electrons. The molecule has 3 aromatic rings. The molecular weight excluding hydrogens is 416 g/mol. The summed E-state index contributed by atoms with van der Waals surface area (Å²) in [6.07, 6.45) is 5.09. The second-order valence-electron chi connectivity index (χ2n) is 7.52. The maximum atomic E-state index is 13.3. The van der Waals surface area contributed by atoms with E-state index in [1.54, 1.807) is 24.3 Å². The van der Waals surface area contributed by atoms with E-state index in [0.717, 1.165) is 48.9 Å². The number of thiophene rings is 1. The molecule has 4 nitrogen and oxygen atoms in total. The zero-order chi connectivity index (χ0) is 21.1. The first-order valence-corrected chi connectivity index (χ1v) is 11.3. The number of rotatable bonds is 4. The molecule has 1 heterocycles. The Labute approximate surface area is 185 Å². The molecule has 0 fully saturated rings. The van der Waals surface area contributed by atoms with Crippen LogP contribution in [0.15, 0.2) is 48.5 Å². The van der Waals surface area contributed by atoms with Crippen molar-refractivity contribution in [3.8, 4) is 0 Å². The first-order chi connectivity index (χ1) is 14.5. The van der Waals surface area contributed by atoms with Gasteiger partial charge < -0.3 is 10.6 Å². The third-order valence-corrected chi connectivity index (χ3v) is 6.84. The highest BCUT2D eigenvalue weighted by Gasteiger charge is 2.26. The van der Waals surface area contributed by atoms with Gasteiger partial charge in [-0.15, -0.1) is 11.3 Å². The normalized spacial score (nSPS) is 13.3. The molecule has 0 spiro atoms. The number of hydrogen-bond donors (Lipinski definition) is 2. The number of hydrogen-bond acceptors (Lipinski definition) is 3. The van der Waals surface area contributed by atoms with E-state index in [2.05, 4.69) is 10.6 Å². The predicted octanol–water partition coefficient (Wildman–Crippen LogP) is 6.48. The number of carbonyl (C=O) groups excluding carboxylic acids is 2. The van der Waals surface area contributed by atoms with Gasteiger partial charge in [-0.25, -0.2) is 0 Å². The van der Waals surface area contributed by atoms with Crippen LogP contribution in [-0.2, 0) is 12.8 Å². The molecule has 0 atom stereocenters. The molecule has 2 N–H and O–H groups in total. The number of carbonyl (C=O) groups is 2. The van der Waals surface area contributed by atoms with Gasteiger partial charge in [0.15, 0.2) is 0 Å². The topological polar surface area (TPSA) is 58.2 Å². The molecule has 0 bridgehead atoms. The molecular formula is C24H23ClN2O2S. The van der Waals surface area contributed by atoms with Crippen molar-refractivity contribution in [1.82, 2.24) is 0 Å². The number of anilines is 2. The molecule has 1 aliphatic carbocycles. The average molecular weight is 439 g/mol. The van der Waals surface area contributed by atoms with Gasteiger partial charge in [0.05, 0.1) is 16.1 Å². The summed E-state index contributed by atoms with van der Waals surface area (Å²) in [5, 5.41) is 6.93. The van der Waals surface area contributed by atoms with Crippen LogP contribution in [0.3, 0.4) is 0 Å². The van der Waals surface area contributed by atoms with Gasteiger partial charge in [-0.3, -0.25) is 9.59 Å². The Morgan fingerprint density at radius 1 is 0.900 bits per heavy atom. The number of halogens is 1. The van der Waals surface area contributed by atoms with Crippen molar-refractivity contribution >= 4 is 45.4 Å². The fourth-order valence-electron chi connectivity index (χ4n) is 3.72. The molecule has 30 heavy (non-hydrogen) atoms. The summed E-state index contributed by atoms with van der Waals surface area (Å²) in [5.74, 6) is -0.492. The van der Waals surface area contributed by atoms with Gasteiger partial charge in [-0.2, -0.15) is 0 Å². The Kier molecular flexibility index (Phi) is 6.21. The maximum Gasteiger partial charge on any atom is 0.258 e. The van der Waals surface area contributed by atoms with Crippen LogP contribution < -0.4 is 10.6 Å². The molecule has 2 amide bonds. The predicted molar refractivity (Wildman–Crippen MR) is 124 cm³/mol. The monoisotopic (exact) mass is 438 g/mol. The summed E-state index contributed by atoms with van der Waals surface area (Å²) in [5.41, 5.74) is 3.91. The fraction of sp³-hybridized carbons (Fsp3) is 0.250. The summed E-state index contributed by atoms with van der Waals surface area (Å²) >= 11 is 7.70. The van der Waals surface area contributed by atoms with E-state index in [9.17, 15) is 9.59 Å². The van der Waals surface area contributed by atoms with Crippen molar-refractivity contribution in [2.75, 3.05) is 10.6 Å². The Bertz CT molecular complexity index is 1090. The van der Waals surface area contributed by atoms with Crippen LogP contribution in [0.25, 0.3) is 0 Å². The second kappa shape index (κ2) is 9.02. The van der Waals surface area contributed by atoms with Crippen molar-refractivity contribution in [1.29, 1.82) is 0 Å². The Balaban J connectivity index is 1.67. The van der Waals surface area contributed by atoms with E-state index in [0.29, 0.717) is 21.2 Å². The largest absolute Gasteiger partial charge is 0.322 e.